The maximum Gasteiger partial charge on any atom is 0.303 e. The number of aliphatic carboxylic acids is 1. The van der Waals surface area contributed by atoms with Gasteiger partial charge in [-0.15, -0.1) is 0 Å². The molecule has 22 heavy (non-hydrogen) atoms. The van der Waals surface area contributed by atoms with Crippen LogP contribution >= 0.6 is 0 Å². The zero-order valence-corrected chi connectivity index (χ0v) is 18.4. The number of carbonyl (C=O) groups is 1. The molecule has 0 saturated heterocycles. The quantitative estimate of drug-likeness (QED) is 0.230. The molecule has 0 rings (SSSR count). The molecule has 0 fully saturated rings. The SMILES string of the molecule is CCCCCCC(O)CCCCCCCCCCC(=O)O.[Pb]. The van der Waals surface area contributed by atoms with Crippen molar-refractivity contribution in [3.63, 3.8) is 0 Å². The van der Waals surface area contributed by atoms with Crippen molar-refractivity contribution in [1.29, 1.82) is 0 Å². The van der Waals surface area contributed by atoms with E-state index in [0.717, 1.165) is 38.5 Å². The van der Waals surface area contributed by atoms with E-state index in [9.17, 15) is 9.90 Å². The zero-order chi connectivity index (χ0) is 15.8. The second-order valence-corrected chi connectivity index (χ2v) is 6.26. The molecular formula is C18H36O3Pb. The summed E-state index contributed by atoms with van der Waals surface area (Å²) in [6.07, 6.45) is 16.3. The molecular weight excluding hydrogens is 471 g/mol. The first-order chi connectivity index (χ1) is 10.2. The average molecular weight is 508 g/mol. The van der Waals surface area contributed by atoms with Crippen LogP contribution in [-0.2, 0) is 4.79 Å². The van der Waals surface area contributed by atoms with E-state index >= 15 is 0 Å². The fourth-order valence-corrected chi connectivity index (χ4v) is 2.67. The fourth-order valence-electron chi connectivity index (χ4n) is 2.67. The van der Waals surface area contributed by atoms with Gasteiger partial charge in [-0.3, -0.25) is 4.79 Å². The Morgan fingerprint density at radius 1 is 0.773 bits per heavy atom. The van der Waals surface area contributed by atoms with Gasteiger partial charge in [0.2, 0.25) is 0 Å². The van der Waals surface area contributed by atoms with Gasteiger partial charge in [0, 0.05) is 33.7 Å². The van der Waals surface area contributed by atoms with Crippen molar-refractivity contribution in [1.82, 2.24) is 0 Å². The van der Waals surface area contributed by atoms with Gasteiger partial charge in [-0.1, -0.05) is 77.6 Å². The summed E-state index contributed by atoms with van der Waals surface area (Å²) in [4.78, 5) is 10.3. The summed E-state index contributed by atoms with van der Waals surface area (Å²) in [5.74, 6) is -0.678. The minimum absolute atomic E-state index is 0. The summed E-state index contributed by atoms with van der Waals surface area (Å²) in [6.45, 7) is 2.21. The van der Waals surface area contributed by atoms with E-state index in [1.165, 1.54) is 51.4 Å². The Hall–Kier alpha value is 0.352. The molecule has 0 aliphatic rings. The number of unbranched alkanes of at least 4 members (excludes halogenated alkanes) is 10. The molecule has 2 N–H and O–H groups in total. The molecule has 0 aliphatic heterocycles. The van der Waals surface area contributed by atoms with Crippen molar-refractivity contribution in [2.45, 2.75) is 109 Å². The predicted molar refractivity (Wildman–Crippen MR) is 94.3 cm³/mol. The standard InChI is InChI=1S/C18H36O3.Pb/c1-2-3-4-11-14-17(19)15-12-9-7-5-6-8-10-13-16-18(20)21;/h17,19H,2-16H2,1H3,(H,20,21);. The molecule has 4 heteroatoms. The predicted octanol–water partition coefficient (Wildman–Crippen LogP) is 4.92. The largest absolute Gasteiger partial charge is 0.481 e. The second kappa shape index (κ2) is 19.4. The van der Waals surface area contributed by atoms with Crippen LogP contribution in [-0.4, -0.2) is 49.6 Å². The molecule has 0 aliphatic carbocycles. The van der Waals surface area contributed by atoms with Gasteiger partial charge < -0.3 is 10.2 Å². The van der Waals surface area contributed by atoms with Crippen LogP contribution in [0, 0.1) is 0 Å². The molecule has 0 heterocycles. The van der Waals surface area contributed by atoms with E-state index in [4.69, 9.17) is 5.11 Å². The average Bonchev–Trinajstić information content (AvgIpc) is 2.45. The van der Waals surface area contributed by atoms with Crippen molar-refractivity contribution < 1.29 is 15.0 Å². The minimum atomic E-state index is -0.678. The number of aliphatic hydroxyl groups excluding tert-OH is 1. The summed E-state index contributed by atoms with van der Waals surface area (Å²) in [5, 5.41) is 18.4. The first-order valence-electron chi connectivity index (χ1n) is 9.06. The van der Waals surface area contributed by atoms with Crippen LogP contribution in [0.3, 0.4) is 0 Å². The van der Waals surface area contributed by atoms with Gasteiger partial charge in [-0.25, -0.2) is 0 Å². The van der Waals surface area contributed by atoms with Crippen LogP contribution in [0.1, 0.15) is 103 Å². The number of aliphatic hydroxyl groups is 1. The normalized spacial score (nSPS) is 11.9. The van der Waals surface area contributed by atoms with Crippen molar-refractivity contribution >= 4 is 33.3 Å². The van der Waals surface area contributed by atoms with E-state index in [2.05, 4.69) is 6.92 Å². The number of hydrogen-bond donors (Lipinski definition) is 2. The molecule has 0 saturated carbocycles. The van der Waals surface area contributed by atoms with Crippen molar-refractivity contribution in [2.75, 3.05) is 0 Å². The van der Waals surface area contributed by atoms with Gasteiger partial charge in [0.25, 0.3) is 0 Å². The molecule has 0 aromatic heterocycles. The Bertz CT molecular complexity index is 234. The Balaban J connectivity index is 0. The maximum atomic E-state index is 10.3. The number of carboxylic acids is 1. The van der Waals surface area contributed by atoms with Crippen molar-refractivity contribution in [3.05, 3.63) is 0 Å². The Labute approximate surface area is 157 Å². The van der Waals surface area contributed by atoms with E-state index in [1.54, 1.807) is 0 Å². The molecule has 1 unspecified atom stereocenters. The smallest absolute Gasteiger partial charge is 0.303 e. The summed E-state index contributed by atoms with van der Waals surface area (Å²) < 4.78 is 0. The first kappa shape index (κ1) is 24.6. The number of hydrogen-bond acceptors (Lipinski definition) is 2. The fraction of sp³-hybridized carbons (Fsp3) is 0.944. The molecule has 1 atom stereocenters. The number of carboxylic acid groups (broad SMARTS) is 1. The molecule has 4 radical (unpaired) electrons. The zero-order valence-electron chi connectivity index (χ0n) is 14.5. The monoisotopic (exact) mass is 508 g/mol. The van der Waals surface area contributed by atoms with Crippen LogP contribution in [0.2, 0.25) is 0 Å². The van der Waals surface area contributed by atoms with Crippen LogP contribution in [0.5, 0.6) is 0 Å². The topological polar surface area (TPSA) is 57.5 Å². The van der Waals surface area contributed by atoms with Gasteiger partial charge in [-0.2, -0.15) is 0 Å². The summed E-state index contributed by atoms with van der Waals surface area (Å²) in [6, 6.07) is 0. The van der Waals surface area contributed by atoms with E-state index in [1.807, 2.05) is 0 Å². The van der Waals surface area contributed by atoms with Gasteiger partial charge >= 0.3 is 5.97 Å². The third kappa shape index (κ3) is 20.4. The molecule has 3 nitrogen and oxygen atoms in total. The molecule has 0 spiro atoms. The molecule has 0 aromatic carbocycles. The second-order valence-electron chi connectivity index (χ2n) is 6.26. The molecule has 0 bridgehead atoms. The van der Waals surface area contributed by atoms with Crippen molar-refractivity contribution in [2.24, 2.45) is 0 Å². The van der Waals surface area contributed by atoms with Crippen LogP contribution in [0.4, 0.5) is 0 Å². The molecule has 0 amide bonds. The van der Waals surface area contributed by atoms with Crippen LogP contribution in [0.15, 0.2) is 0 Å². The maximum absolute atomic E-state index is 10.3. The summed E-state index contributed by atoms with van der Waals surface area (Å²) in [5.41, 5.74) is 0. The van der Waals surface area contributed by atoms with Gasteiger partial charge in [0.05, 0.1) is 6.10 Å². The molecule has 0 aromatic rings. The van der Waals surface area contributed by atoms with Gasteiger partial charge in [0.1, 0.15) is 0 Å². The first-order valence-corrected chi connectivity index (χ1v) is 9.06. The van der Waals surface area contributed by atoms with Gasteiger partial charge in [-0.05, 0) is 19.3 Å². The Morgan fingerprint density at radius 3 is 1.64 bits per heavy atom. The van der Waals surface area contributed by atoms with Crippen LogP contribution < -0.4 is 0 Å². The third-order valence-corrected chi connectivity index (χ3v) is 4.07. The van der Waals surface area contributed by atoms with E-state index < -0.39 is 5.97 Å². The summed E-state index contributed by atoms with van der Waals surface area (Å²) in [7, 11) is 0. The molecule has 130 valence electrons. The summed E-state index contributed by atoms with van der Waals surface area (Å²) >= 11 is 0. The Kier molecular flexibility index (Phi) is 21.7. The third-order valence-electron chi connectivity index (χ3n) is 4.07. The van der Waals surface area contributed by atoms with Crippen LogP contribution in [0.25, 0.3) is 0 Å². The number of rotatable bonds is 16. The van der Waals surface area contributed by atoms with E-state index in [0.29, 0.717) is 6.42 Å². The van der Waals surface area contributed by atoms with Gasteiger partial charge in [0.15, 0.2) is 0 Å². The van der Waals surface area contributed by atoms with Crippen molar-refractivity contribution in [3.8, 4) is 0 Å². The minimum Gasteiger partial charge on any atom is -0.481 e. The Morgan fingerprint density at radius 2 is 1.18 bits per heavy atom. The van der Waals surface area contributed by atoms with E-state index in [-0.39, 0.29) is 33.4 Å².